The molecule has 0 bridgehead atoms. The predicted octanol–water partition coefficient (Wildman–Crippen LogP) is 5.28. The van der Waals surface area contributed by atoms with Crippen LogP contribution in [-0.4, -0.2) is 18.6 Å². The summed E-state index contributed by atoms with van der Waals surface area (Å²) in [5, 5.41) is 0. The summed E-state index contributed by atoms with van der Waals surface area (Å²) in [6.45, 7) is 8.36. The van der Waals surface area contributed by atoms with Gasteiger partial charge in [-0.3, -0.25) is 4.79 Å². The molecule has 3 heteroatoms. The zero-order valence-electron chi connectivity index (χ0n) is 14.5. The summed E-state index contributed by atoms with van der Waals surface area (Å²) in [5.74, 6) is 1.45. The van der Waals surface area contributed by atoms with Crippen molar-refractivity contribution in [1.29, 1.82) is 0 Å². The number of thioether (sulfide) groups is 1. The zero-order valence-corrected chi connectivity index (χ0v) is 15.3. The number of carbonyl (C=O) groups excluding carboxylic acids is 1. The van der Waals surface area contributed by atoms with Gasteiger partial charge in [-0.1, -0.05) is 39.0 Å². The van der Waals surface area contributed by atoms with Crippen LogP contribution in [0.25, 0.3) is 0 Å². The van der Waals surface area contributed by atoms with Gasteiger partial charge >= 0.3 is 0 Å². The van der Waals surface area contributed by atoms with Crippen LogP contribution in [0.1, 0.15) is 42.3 Å². The van der Waals surface area contributed by atoms with Gasteiger partial charge in [0.05, 0.1) is 12.9 Å². The van der Waals surface area contributed by atoms with Gasteiger partial charge in [-0.15, -0.1) is 11.8 Å². The van der Waals surface area contributed by atoms with Gasteiger partial charge in [0.25, 0.3) is 0 Å². The molecular formula is C20H24O2S. The van der Waals surface area contributed by atoms with Crippen molar-refractivity contribution >= 4 is 17.5 Å². The largest absolute Gasteiger partial charge is 0.496 e. The van der Waals surface area contributed by atoms with E-state index in [0.29, 0.717) is 5.75 Å². The zero-order chi connectivity index (χ0) is 17.0. The van der Waals surface area contributed by atoms with E-state index in [0.717, 1.165) is 27.3 Å². The van der Waals surface area contributed by atoms with E-state index in [1.54, 1.807) is 18.9 Å². The lowest BCUT2D eigenvalue weighted by Crippen LogP contribution is -2.15. The van der Waals surface area contributed by atoms with Crippen molar-refractivity contribution in [3.63, 3.8) is 0 Å². The summed E-state index contributed by atoms with van der Waals surface area (Å²) in [5.41, 5.74) is 2.76. The molecule has 2 aromatic rings. The van der Waals surface area contributed by atoms with Gasteiger partial charge in [-0.05, 0) is 42.2 Å². The van der Waals surface area contributed by atoms with E-state index in [4.69, 9.17) is 4.74 Å². The van der Waals surface area contributed by atoms with Crippen molar-refractivity contribution in [3.8, 4) is 5.75 Å². The number of carbonyl (C=O) groups is 1. The third-order valence-electron chi connectivity index (χ3n) is 3.77. The topological polar surface area (TPSA) is 26.3 Å². The van der Waals surface area contributed by atoms with Crippen LogP contribution in [0.2, 0.25) is 0 Å². The fourth-order valence-corrected chi connectivity index (χ4v) is 3.28. The number of ether oxygens (including phenoxy) is 1. The van der Waals surface area contributed by atoms with Gasteiger partial charge < -0.3 is 4.74 Å². The number of hydrogen-bond acceptors (Lipinski definition) is 3. The summed E-state index contributed by atoms with van der Waals surface area (Å²) < 4.78 is 5.50. The Kier molecular flexibility index (Phi) is 5.53. The first-order chi connectivity index (χ1) is 10.8. The molecule has 2 rings (SSSR count). The molecule has 0 atom stereocenters. The second kappa shape index (κ2) is 7.22. The molecule has 0 fully saturated rings. The van der Waals surface area contributed by atoms with Crippen molar-refractivity contribution in [3.05, 3.63) is 59.2 Å². The summed E-state index contributed by atoms with van der Waals surface area (Å²) >= 11 is 1.57. The average molecular weight is 328 g/mol. The minimum absolute atomic E-state index is 0.0688. The van der Waals surface area contributed by atoms with Crippen molar-refractivity contribution < 1.29 is 9.53 Å². The van der Waals surface area contributed by atoms with Crippen molar-refractivity contribution in [2.45, 2.75) is 38.0 Å². The van der Waals surface area contributed by atoms with Gasteiger partial charge in [0.2, 0.25) is 0 Å². The molecule has 2 aromatic carbocycles. The second-order valence-electron chi connectivity index (χ2n) is 6.64. The maximum absolute atomic E-state index is 12.7. The van der Waals surface area contributed by atoms with Crippen LogP contribution in [0.4, 0.5) is 0 Å². The lowest BCUT2D eigenvalue weighted by molar-refractivity contribution is 0.102. The molecule has 0 aliphatic heterocycles. The van der Waals surface area contributed by atoms with E-state index in [9.17, 15) is 4.79 Å². The highest BCUT2D eigenvalue weighted by Crippen LogP contribution is 2.34. The molecule has 0 unspecified atom stereocenters. The molecule has 0 radical (unpaired) electrons. The first-order valence-corrected chi connectivity index (χ1v) is 8.71. The van der Waals surface area contributed by atoms with E-state index in [2.05, 4.69) is 20.8 Å². The molecule has 122 valence electrons. The van der Waals surface area contributed by atoms with E-state index in [-0.39, 0.29) is 11.2 Å². The Hall–Kier alpha value is -1.74. The molecule has 0 saturated heterocycles. The highest BCUT2D eigenvalue weighted by atomic mass is 32.2. The standard InChI is InChI=1S/C20H24O2S/c1-14-11-19(22-5)17(20(2,3)4)12-16(14)18(21)13-23-15-9-7-6-8-10-15/h6-12H,13H2,1-5H3. The lowest BCUT2D eigenvalue weighted by atomic mass is 9.84. The molecule has 0 spiro atoms. The average Bonchev–Trinajstić information content (AvgIpc) is 2.52. The predicted molar refractivity (Wildman–Crippen MR) is 97.9 cm³/mol. The van der Waals surface area contributed by atoms with Gasteiger partial charge in [0.1, 0.15) is 5.75 Å². The van der Waals surface area contributed by atoms with Crippen molar-refractivity contribution in [2.24, 2.45) is 0 Å². The molecule has 0 aliphatic carbocycles. The van der Waals surface area contributed by atoms with Crippen LogP contribution in [0.15, 0.2) is 47.4 Å². The summed E-state index contributed by atoms with van der Waals surface area (Å²) in [4.78, 5) is 13.8. The fraction of sp³-hybridized carbons (Fsp3) is 0.350. The molecule has 23 heavy (non-hydrogen) atoms. The number of Topliss-reactive ketones (excluding diaryl/α,β-unsaturated/α-hetero) is 1. The van der Waals surface area contributed by atoms with E-state index >= 15 is 0 Å². The highest BCUT2D eigenvalue weighted by molar-refractivity contribution is 8.00. The Balaban J connectivity index is 2.26. The SMILES string of the molecule is COc1cc(C)c(C(=O)CSc2ccccc2)cc1C(C)(C)C. The number of hydrogen-bond donors (Lipinski definition) is 0. The van der Waals surface area contributed by atoms with Gasteiger partial charge in [-0.25, -0.2) is 0 Å². The molecule has 0 saturated carbocycles. The molecule has 0 aromatic heterocycles. The first-order valence-electron chi connectivity index (χ1n) is 7.73. The second-order valence-corrected chi connectivity index (χ2v) is 7.69. The minimum atomic E-state index is -0.0688. The number of benzene rings is 2. The lowest BCUT2D eigenvalue weighted by Gasteiger charge is -2.23. The van der Waals surface area contributed by atoms with E-state index in [1.165, 1.54) is 0 Å². The summed E-state index contributed by atoms with van der Waals surface area (Å²) in [6.07, 6.45) is 0. The molecular weight excluding hydrogens is 304 g/mol. The first kappa shape index (κ1) is 17.6. The Bertz CT molecular complexity index is 685. The Morgan fingerprint density at radius 2 is 1.78 bits per heavy atom. The van der Waals surface area contributed by atoms with Crippen LogP contribution in [0.5, 0.6) is 5.75 Å². The Morgan fingerprint density at radius 3 is 2.35 bits per heavy atom. The van der Waals surface area contributed by atoms with Crippen LogP contribution in [-0.2, 0) is 5.41 Å². The van der Waals surface area contributed by atoms with Crippen LogP contribution in [0.3, 0.4) is 0 Å². The smallest absolute Gasteiger partial charge is 0.173 e. The van der Waals surface area contributed by atoms with Crippen LogP contribution >= 0.6 is 11.8 Å². The summed E-state index contributed by atoms with van der Waals surface area (Å²) in [7, 11) is 1.68. The quantitative estimate of drug-likeness (QED) is 0.552. The normalized spacial score (nSPS) is 11.3. The number of aryl methyl sites for hydroxylation is 1. The van der Waals surface area contributed by atoms with Crippen LogP contribution in [0, 0.1) is 6.92 Å². The van der Waals surface area contributed by atoms with Crippen molar-refractivity contribution in [1.82, 2.24) is 0 Å². The van der Waals surface area contributed by atoms with Gasteiger partial charge in [-0.2, -0.15) is 0 Å². The molecule has 0 heterocycles. The van der Waals surface area contributed by atoms with Crippen molar-refractivity contribution in [2.75, 3.05) is 12.9 Å². The number of ketones is 1. The third kappa shape index (κ3) is 4.38. The maximum Gasteiger partial charge on any atom is 0.173 e. The molecule has 0 aliphatic rings. The Labute approximate surface area is 143 Å². The van der Waals surface area contributed by atoms with Gasteiger partial charge in [0, 0.05) is 16.0 Å². The minimum Gasteiger partial charge on any atom is -0.496 e. The number of methoxy groups -OCH3 is 1. The monoisotopic (exact) mass is 328 g/mol. The molecule has 0 N–H and O–H groups in total. The van der Waals surface area contributed by atoms with E-state index in [1.807, 2.05) is 49.4 Å². The van der Waals surface area contributed by atoms with Crippen LogP contribution < -0.4 is 4.74 Å². The number of rotatable bonds is 5. The third-order valence-corrected chi connectivity index (χ3v) is 4.78. The molecule has 2 nitrogen and oxygen atoms in total. The molecule has 0 amide bonds. The highest BCUT2D eigenvalue weighted by Gasteiger charge is 2.22. The fourth-order valence-electron chi connectivity index (χ4n) is 2.48. The van der Waals surface area contributed by atoms with Gasteiger partial charge in [0.15, 0.2) is 5.78 Å². The van der Waals surface area contributed by atoms with E-state index < -0.39 is 0 Å². The summed E-state index contributed by atoms with van der Waals surface area (Å²) in [6, 6.07) is 14.0. The maximum atomic E-state index is 12.7. The Morgan fingerprint density at radius 1 is 1.13 bits per heavy atom.